The zero-order chi connectivity index (χ0) is 58.2. The van der Waals surface area contributed by atoms with Crippen LogP contribution in [0, 0.1) is 12.8 Å². The molecule has 1 saturated heterocycles. The van der Waals surface area contributed by atoms with E-state index in [2.05, 4.69) is 81.0 Å². The monoisotopic (exact) mass is 1120 g/mol. The number of carbonyl (C=O) groups excluding carboxylic acids is 4. The van der Waals surface area contributed by atoms with Crippen molar-refractivity contribution in [1.82, 2.24) is 40.5 Å². The maximum atomic E-state index is 14.6. The molecule has 0 spiro atoms. The van der Waals surface area contributed by atoms with Crippen molar-refractivity contribution in [3.05, 3.63) is 173 Å². The van der Waals surface area contributed by atoms with Crippen LogP contribution in [-0.4, -0.2) is 98.3 Å². The van der Waals surface area contributed by atoms with Gasteiger partial charge in [0.1, 0.15) is 35.2 Å². The maximum absolute atomic E-state index is 14.6. The summed E-state index contributed by atoms with van der Waals surface area (Å²) in [4.78, 5) is 66.1. The molecule has 5 atom stereocenters. The third-order valence-corrected chi connectivity index (χ3v) is 16.8. The number of aliphatic imine (C=N–C) groups is 1. The summed E-state index contributed by atoms with van der Waals surface area (Å²) in [6.45, 7) is 7.96. The fraction of sp³-hybridized carbons (Fsp3) is 0.388. The Morgan fingerprint density at radius 2 is 1.47 bits per heavy atom. The van der Waals surface area contributed by atoms with Gasteiger partial charge in [-0.25, -0.2) is 9.67 Å². The summed E-state index contributed by atoms with van der Waals surface area (Å²) in [5.41, 5.74) is 12.0. The van der Waals surface area contributed by atoms with Crippen LogP contribution in [0.3, 0.4) is 0 Å². The first kappa shape index (κ1) is 57.8. The number of aromatic nitrogens is 5. The summed E-state index contributed by atoms with van der Waals surface area (Å²) >= 11 is 0. The number of aromatic amines is 1. The van der Waals surface area contributed by atoms with Gasteiger partial charge in [-0.1, -0.05) is 85.8 Å². The molecule has 4 aromatic carbocycles. The molecule has 1 saturated carbocycles. The first-order valence-corrected chi connectivity index (χ1v) is 29.2. The molecule has 5 heterocycles. The van der Waals surface area contributed by atoms with Crippen molar-refractivity contribution < 1.29 is 33.4 Å². The van der Waals surface area contributed by atoms with Crippen LogP contribution < -0.4 is 25.4 Å². The Kier molecular flexibility index (Phi) is 18.0. The van der Waals surface area contributed by atoms with Gasteiger partial charge in [0.2, 0.25) is 17.7 Å². The fourth-order valence-electron chi connectivity index (χ4n) is 11.9. The zero-order valence-corrected chi connectivity index (χ0v) is 48.8. The molecule has 2 fully saturated rings. The minimum atomic E-state index is -1.07. The number of nitrogens with zero attached hydrogens (tertiary/aromatic N) is 5. The Balaban J connectivity index is 0.848. The van der Waals surface area contributed by atoms with Gasteiger partial charge in [0.25, 0.3) is 0 Å². The number of fused-ring (bicyclic) bond motifs is 1. The zero-order valence-electron chi connectivity index (χ0n) is 48.8. The summed E-state index contributed by atoms with van der Waals surface area (Å²) < 4.78 is 20.4. The molecule has 3 aliphatic rings. The number of unbranched alkanes of at least 4 members (excludes halogenated alkanes) is 1. The quantitative estimate of drug-likeness (QED) is 0.0318. The summed E-state index contributed by atoms with van der Waals surface area (Å²) in [7, 11) is 5.45. The number of epoxide rings is 1. The highest BCUT2D eigenvalue weighted by molar-refractivity contribution is 6.12. The molecule has 4 N–H and O–H groups in total. The van der Waals surface area contributed by atoms with Crippen LogP contribution in [0.2, 0.25) is 0 Å². The second-order valence-corrected chi connectivity index (χ2v) is 22.9. The molecule has 0 radical (unpaired) electrons. The van der Waals surface area contributed by atoms with E-state index >= 15 is 0 Å². The molecule has 3 amide bonds. The van der Waals surface area contributed by atoms with Crippen molar-refractivity contribution in [2.45, 2.75) is 135 Å². The standard InChI is InChI=1S/C67H77N9O7/c1-42-34-56(47-26-30-51(81-6)31-27-47)70-61(42)54(62-43(2)35-59(75(62)5)48-28-32-52(82-7)33-29-48)24-15-14-22-50-40-76(74-73-50)60(37-46-20-12-9-13-21-46)66(80)69-44(3)64(78)72-58(38-49-39-68-55-25-17-16-23-53(49)55)65(79)71-57(63(77)67(4)41-83-67)36-45-18-10-8-11-19-45/h9,12-13,16-17,20-21,23,25-35,39-40,44-45,57-58,60,68H,8,10-11,14-15,18-19,22,24,36-38,41H2,1-7H3,(H,69,80)(H,71,79)(H,72,78)/b61-54-/t44-,57+,58+,60+,67-/m1/s1. The van der Waals surface area contributed by atoms with Crippen LogP contribution >= 0.6 is 0 Å². The van der Waals surface area contributed by atoms with E-state index in [4.69, 9.17) is 19.2 Å². The summed E-state index contributed by atoms with van der Waals surface area (Å²) in [5.74, 6) is 0.276. The van der Waals surface area contributed by atoms with Crippen LogP contribution in [0.4, 0.5) is 0 Å². The van der Waals surface area contributed by atoms with Gasteiger partial charge in [-0.3, -0.25) is 19.2 Å². The average Bonchev–Trinajstić information content (AvgIpc) is 3.83. The third kappa shape index (κ3) is 13.6. The summed E-state index contributed by atoms with van der Waals surface area (Å²) in [6.07, 6.45) is 15.1. The van der Waals surface area contributed by atoms with Crippen LogP contribution in [-0.2, 0) is 50.2 Å². The van der Waals surface area contributed by atoms with Crippen LogP contribution in [0.25, 0.3) is 27.7 Å². The number of carbonyl (C=O) groups is 4. The lowest BCUT2D eigenvalue weighted by Gasteiger charge is -2.29. The number of rotatable bonds is 25. The molecule has 16 nitrogen and oxygen atoms in total. The number of amides is 3. The molecule has 10 rings (SSSR count). The molecule has 0 unspecified atom stereocenters. The van der Waals surface area contributed by atoms with Gasteiger partial charge in [-0.05, 0) is 160 Å². The minimum Gasteiger partial charge on any atom is -0.497 e. The summed E-state index contributed by atoms with van der Waals surface area (Å²) in [6, 6.07) is 32.0. The summed E-state index contributed by atoms with van der Waals surface area (Å²) in [5, 5.41) is 19.1. The molecule has 83 heavy (non-hydrogen) atoms. The van der Waals surface area contributed by atoms with E-state index in [0.717, 1.165) is 141 Å². The SMILES string of the molecule is COc1ccc(C2=N/C(=C(/CCCCc3cn([C@@H](Cc4ccccc4)C(=O)N[C@H](C)C(=O)N[C@@H](Cc4c[nH]c5ccccc45)C(=O)N[C@@H](CC4CCCCC4)C(=O)[C@@]4(C)CO4)nn3)c3c(C)cc(-c4ccc(OC)cc4)n3C)C(C)=C2)cc1. The number of Topliss-reactive ketones (excluding diaryl/α,β-unsaturated/α-hetero) is 1. The van der Waals surface area contributed by atoms with Gasteiger partial charge < -0.3 is 39.7 Å². The molecular formula is C67H77N9O7. The number of H-pyrrole nitrogens is 1. The van der Waals surface area contributed by atoms with Gasteiger partial charge in [0.15, 0.2) is 5.78 Å². The number of allylic oxidation sites excluding steroid dienone is 3. The van der Waals surface area contributed by atoms with Crippen LogP contribution in [0.15, 0.2) is 144 Å². The van der Waals surface area contributed by atoms with E-state index in [1.165, 1.54) is 0 Å². The molecule has 432 valence electrons. The number of para-hydroxylation sites is 1. The Bertz CT molecular complexity index is 3540. The van der Waals surface area contributed by atoms with Gasteiger partial charge in [0.05, 0.1) is 44.0 Å². The Labute approximate surface area is 486 Å². The third-order valence-electron chi connectivity index (χ3n) is 16.8. The predicted molar refractivity (Wildman–Crippen MR) is 323 cm³/mol. The molecule has 7 aromatic rings. The normalized spacial score (nSPS) is 18.1. The Morgan fingerprint density at radius 3 is 2.17 bits per heavy atom. The minimum absolute atomic E-state index is 0.144. The largest absolute Gasteiger partial charge is 0.497 e. The van der Waals surface area contributed by atoms with Gasteiger partial charge in [0, 0.05) is 65.7 Å². The maximum Gasteiger partial charge on any atom is 0.245 e. The molecule has 2 aliphatic heterocycles. The van der Waals surface area contributed by atoms with Crippen molar-refractivity contribution in [2.75, 3.05) is 20.8 Å². The topological polar surface area (TPSA) is 199 Å². The first-order valence-electron chi connectivity index (χ1n) is 29.2. The first-order chi connectivity index (χ1) is 40.2. The second kappa shape index (κ2) is 25.8. The number of aryl methyl sites for hydroxylation is 2. The van der Waals surface area contributed by atoms with E-state index in [9.17, 15) is 19.2 Å². The van der Waals surface area contributed by atoms with Crippen molar-refractivity contribution in [3.8, 4) is 22.8 Å². The van der Waals surface area contributed by atoms with Gasteiger partial charge in [-0.15, -0.1) is 5.10 Å². The predicted octanol–water partition coefficient (Wildman–Crippen LogP) is 10.5. The van der Waals surface area contributed by atoms with E-state index in [-0.39, 0.29) is 18.6 Å². The number of hydrogen-bond donors (Lipinski definition) is 4. The molecular weight excluding hydrogens is 1040 g/mol. The number of methoxy groups -OCH3 is 2. The number of hydrogen-bond acceptors (Lipinski definition) is 10. The number of benzene rings is 4. The molecule has 16 heteroatoms. The van der Waals surface area contributed by atoms with Crippen LogP contribution in [0.1, 0.15) is 118 Å². The molecule has 0 bridgehead atoms. The van der Waals surface area contributed by atoms with Gasteiger partial charge >= 0.3 is 0 Å². The highest BCUT2D eigenvalue weighted by Gasteiger charge is 2.50. The average molecular weight is 1120 g/mol. The van der Waals surface area contributed by atoms with E-state index < -0.39 is 47.5 Å². The van der Waals surface area contributed by atoms with Crippen molar-refractivity contribution in [3.63, 3.8) is 0 Å². The number of ether oxygens (including phenoxy) is 3. The van der Waals surface area contributed by atoms with Crippen LogP contribution in [0.5, 0.6) is 11.5 Å². The molecule has 1 aliphatic carbocycles. The van der Waals surface area contributed by atoms with E-state index in [1.807, 2.05) is 103 Å². The number of nitrogens with one attached hydrogen (secondary N) is 4. The second-order valence-electron chi connectivity index (χ2n) is 22.9. The van der Waals surface area contributed by atoms with Crippen molar-refractivity contribution in [1.29, 1.82) is 0 Å². The van der Waals surface area contributed by atoms with Crippen molar-refractivity contribution in [2.24, 2.45) is 18.0 Å². The Morgan fingerprint density at radius 1 is 0.795 bits per heavy atom. The number of ketones is 1. The van der Waals surface area contributed by atoms with E-state index in [1.54, 1.807) is 32.7 Å². The fourth-order valence-corrected chi connectivity index (χ4v) is 11.9. The lowest BCUT2D eigenvalue weighted by Crippen LogP contribution is -2.57. The smallest absolute Gasteiger partial charge is 0.245 e. The molecule has 3 aromatic heterocycles. The highest BCUT2D eigenvalue weighted by Crippen LogP contribution is 2.39. The van der Waals surface area contributed by atoms with Crippen molar-refractivity contribution >= 4 is 45.7 Å². The van der Waals surface area contributed by atoms with E-state index in [0.29, 0.717) is 25.4 Å². The Hall–Kier alpha value is -8.37. The lowest BCUT2D eigenvalue weighted by atomic mass is 9.82. The highest BCUT2D eigenvalue weighted by atomic mass is 16.6. The van der Waals surface area contributed by atoms with Gasteiger partial charge in [-0.2, -0.15) is 0 Å². The lowest BCUT2D eigenvalue weighted by molar-refractivity contribution is -0.134.